The Balaban J connectivity index is 3.16. The van der Waals surface area contributed by atoms with Crippen molar-refractivity contribution < 1.29 is 14.0 Å². The van der Waals surface area contributed by atoms with Crippen LogP contribution >= 0.6 is 42.5 Å². The first-order chi connectivity index (χ1) is 12.8. The fourth-order valence-electron chi connectivity index (χ4n) is 2.64. The van der Waals surface area contributed by atoms with E-state index in [-0.39, 0.29) is 24.2 Å². The van der Waals surface area contributed by atoms with Gasteiger partial charge >= 0.3 is 13.5 Å². The molecule has 0 saturated heterocycles. The Labute approximate surface area is 175 Å². The molecule has 27 heavy (non-hydrogen) atoms. The van der Waals surface area contributed by atoms with Crippen molar-refractivity contribution in [1.29, 1.82) is 0 Å². The molecule has 1 heterocycles. The molecule has 0 saturated carbocycles. The van der Waals surface area contributed by atoms with Crippen molar-refractivity contribution in [3.8, 4) is 0 Å². The molecule has 0 aliphatic carbocycles. The van der Waals surface area contributed by atoms with Crippen LogP contribution in [0.15, 0.2) is 12.1 Å². The van der Waals surface area contributed by atoms with Crippen LogP contribution in [0.25, 0.3) is 0 Å². The highest BCUT2D eigenvalue weighted by atomic mass is 35.5. The minimum absolute atomic E-state index is 0.0504. The van der Waals surface area contributed by atoms with Gasteiger partial charge in [-0.3, -0.25) is 9.09 Å². The number of nitro groups is 1. The first kappa shape index (κ1) is 24.7. The standard InChI is InChI=1S/C15H26Cl3N4O4P/c1-3-9-20(10-6-16)27(25,21(11-7-17)12-8-18)26-13-14-4-5-15(19(14)2)22(23)24/h4-5H,3,6-13H2,1-2H3. The van der Waals surface area contributed by atoms with E-state index in [9.17, 15) is 14.7 Å². The molecule has 8 nitrogen and oxygen atoms in total. The van der Waals surface area contributed by atoms with Crippen LogP contribution in [0.2, 0.25) is 0 Å². The smallest absolute Gasteiger partial charge is 0.346 e. The zero-order valence-electron chi connectivity index (χ0n) is 15.5. The molecule has 1 rings (SSSR count). The third-order valence-corrected chi connectivity index (χ3v) is 7.19. The summed E-state index contributed by atoms with van der Waals surface area (Å²) in [4.78, 5) is 10.5. The second kappa shape index (κ2) is 12.3. The molecule has 0 aliphatic heterocycles. The first-order valence-electron chi connectivity index (χ1n) is 8.58. The molecule has 0 bridgehead atoms. The van der Waals surface area contributed by atoms with Gasteiger partial charge in [-0.1, -0.05) is 6.92 Å². The fraction of sp³-hybridized carbons (Fsp3) is 0.733. The van der Waals surface area contributed by atoms with Gasteiger partial charge in [0.05, 0.1) is 7.05 Å². The van der Waals surface area contributed by atoms with E-state index >= 15 is 0 Å². The Bertz CT molecular complexity index is 615. The summed E-state index contributed by atoms with van der Waals surface area (Å²) in [5.74, 6) is 0.757. The van der Waals surface area contributed by atoms with Gasteiger partial charge in [-0.25, -0.2) is 13.9 Å². The van der Waals surface area contributed by atoms with Crippen LogP contribution in [0.5, 0.6) is 0 Å². The molecule has 0 radical (unpaired) electrons. The highest BCUT2D eigenvalue weighted by Gasteiger charge is 2.38. The lowest BCUT2D eigenvalue weighted by Crippen LogP contribution is -2.37. The average Bonchev–Trinajstić information content (AvgIpc) is 3.00. The van der Waals surface area contributed by atoms with E-state index in [2.05, 4.69) is 0 Å². The van der Waals surface area contributed by atoms with Gasteiger partial charge in [-0.05, 0) is 17.4 Å². The van der Waals surface area contributed by atoms with Crippen LogP contribution in [-0.4, -0.2) is 62.7 Å². The lowest BCUT2D eigenvalue weighted by atomic mass is 10.5. The van der Waals surface area contributed by atoms with E-state index in [1.807, 2.05) is 6.92 Å². The number of rotatable bonds is 14. The number of hydrogen-bond donors (Lipinski definition) is 0. The van der Waals surface area contributed by atoms with Crippen molar-refractivity contribution in [2.24, 2.45) is 7.05 Å². The fourth-order valence-corrected chi connectivity index (χ4v) is 6.10. The highest BCUT2D eigenvalue weighted by Crippen LogP contribution is 2.55. The zero-order valence-corrected chi connectivity index (χ0v) is 18.7. The summed E-state index contributed by atoms with van der Waals surface area (Å²) in [5, 5.41) is 11.0. The SMILES string of the molecule is CCCN(CCCl)P(=O)(OCc1ccc([N+](=O)[O-])n1C)N(CCCl)CCCl. The molecule has 0 aromatic carbocycles. The molecule has 0 aliphatic rings. The summed E-state index contributed by atoms with van der Waals surface area (Å²) < 4.78 is 24.6. The summed E-state index contributed by atoms with van der Waals surface area (Å²) in [5.41, 5.74) is 0.543. The van der Waals surface area contributed by atoms with Crippen LogP contribution in [0.3, 0.4) is 0 Å². The van der Waals surface area contributed by atoms with Gasteiger partial charge < -0.3 is 10.1 Å². The third kappa shape index (κ3) is 6.60. The molecular weight excluding hydrogens is 438 g/mol. The molecule has 0 N–H and O–H groups in total. The van der Waals surface area contributed by atoms with Gasteiger partial charge in [0, 0.05) is 49.9 Å². The van der Waals surface area contributed by atoms with Crippen LogP contribution in [0.1, 0.15) is 19.0 Å². The van der Waals surface area contributed by atoms with Crippen molar-refractivity contribution >= 4 is 48.3 Å². The maximum atomic E-state index is 13.9. The molecular formula is C15H26Cl3N4O4P. The Hall–Kier alpha value is -0.340. The first-order valence-corrected chi connectivity index (χ1v) is 11.7. The largest absolute Gasteiger partial charge is 0.358 e. The molecule has 1 unspecified atom stereocenters. The normalized spacial score (nSPS) is 14.0. The van der Waals surface area contributed by atoms with Crippen molar-refractivity contribution in [1.82, 2.24) is 13.9 Å². The summed E-state index contributed by atoms with van der Waals surface area (Å²) in [6, 6.07) is 2.98. The number of hydrogen-bond acceptors (Lipinski definition) is 4. The molecule has 1 aromatic rings. The molecule has 0 fully saturated rings. The van der Waals surface area contributed by atoms with Crippen molar-refractivity contribution in [3.05, 3.63) is 27.9 Å². The second-order valence-electron chi connectivity index (χ2n) is 5.74. The Morgan fingerprint density at radius 3 is 2.04 bits per heavy atom. The highest BCUT2D eigenvalue weighted by molar-refractivity contribution is 7.53. The van der Waals surface area contributed by atoms with Gasteiger partial charge in [0.15, 0.2) is 0 Å². The van der Waals surface area contributed by atoms with Gasteiger partial charge in [-0.2, -0.15) is 0 Å². The van der Waals surface area contributed by atoms with E-state index in [1.54, 1.807) is 22.5 Å². The van der Waals surface area contributed by atoms with E-state index in [1.165, 1.54) is 10.6 Å². The van der Waals surface area contributed by atoms with Crippen LogP contribution in [0, 0.1) is 10.1 Å². The van der Waals surface area contributed by atoms with Crippen molar-refractivity contribution in [2.75, 3.05) is 43.8 Å². The van der Waals surface area contributed by atoms with Gasteiger partial charge in [0.25, 0.3) is 0 Å². The third-order valence-electron chi connectivity index (χ3n) is 3.99. The molecule has 156 valence electrons. The Morgan fingerprint density at radius 1 is 1.11 bits per heavy atom. The van der Waals surface area contributed by atoms with Gasteiger partial charge in [-0.15, -0.1) is 34.8 Å². The predicted molar refractivity (Wildman–Crippen MR) is 110 cm³/mol. The number of alkyl halides is 3. The molecule has 1 atom stereocenters. The molecule has 0 amide bonds. The predicted octanol–water partition coefficient (Wildman–Crippen LogP) is 4.29. The van der Waals surface area contributed by atoms with Crippen LogP contribution in [-0.2, 0) is 22.7 Å². The number of aromatic nitrogens is 1. The van der Waals surface area contributed by atoms with E-state index in [0.717, 1.165) is 6.42 Å². The lowest BCUT2D eigenvalue weighted by Gasteiger charge is -2.37. The van der Waals surface area contributed by atoms with Crippen LogP contribution < -0.4 is 0 Å². The number of halogens is 3. The summed E-state index contributed by atoms with van der Waals surface area (Å²) in [7, 11) is -1.91. The topological polar surface area (TPSA) is 80.9 Å². The quantitative estimate of drug-likeness (QED) is 0.177. The molecule has 12 heteroatoms. The second-order valence-corrected chi connectivity index (χ2v) is 9.24. The van der Waals surface area contributed by atoms with Gasteiger partial charge in [0.2, 0.25) is 0 Å². The minimum Gasteiger partial charge on any atom is -0.358 e. The number of nitrogens with zero attached hydrogens (tertiary/aromatic N) is 4. The minimum atomic E-state index is -3.48. The van der Waals surface area contributed by atoms with Crippen LogP contribution in [0.4, 0.5) is 5.82 Å². The Kier molecular flexibility index (Phi) is 11.2. The molecule has 0 spiro atoms. The lowest BCUT2D eigenvalue weighted by molar-refractivity contribution is -0.391. The zero-order chi connectivity index (χ0) is 20.4. The monoisotopic (exact) mass is 462 g/mol. The maximum absolute atomic E-state index is 13.9. The summed E-state index contributed by atoms with van der Waals surface area (Å²) in [6.45, 7) is 3.49. The summed E-state index contributed by atoms with van der Waals surface area (Å²) in [6.07, 6.45) is 0.759. The summed E-state index contributed by atoms with van der Waals surface area (Å²) >= 11 is 17.7. The van der Waals surface area contributed by atoms with E-state index in [4.69, 9.17) is 39.3 Å². The average molecular weight is 464 g/mol. The van der Waals surface area contributed by atoms with E-state index in [0.29, 0.717) is 37.8 Å². The van der Waals surface area contributed by atoms with E-state index < -0.39 is 12.6 Å². The van der Waals surface area contributed by atoms with Crippen molar-refractivity contribution in [3.63, 3.8) is 0 Å². The van der Waals surface area contributed by atoms with Gasteiger partial charge in [0.1, 0.15) is 12.3 Å². The maximum Gasteiger partial charge on any atom is 0.346 e. The molecule has 1 aromatic heterocycles. The van der Waals surface area contributed by atoms with Crippen molar-refractivity contribution in [2.45, 2.75) is 20.0 Å². The Morgan fingerprint density at radius 2 is 1.63 bits per heavy atom.